The summed E-state index contributed by atoms with van der Waals surface area (Å²) in [5.41, 5.74) is -0.874. The van der Waals surface area contributed by atoms with Gasteiger partial charge in [-0.15, -0.1) is 11.3 Å². The maximum atomic E-state index is 12.5. The van der Waals surface area contributed by atoms with Crippen LogP contribution < -0.4 is 10.6 Å². The number of nitrogens with one attached hydrogen (secondary N) is 2. The molecule has 1 aliphatic rings. The van der Waals surface area contributed by atoms with E-state index in [2.05, 4.69) is 20.6 Å². The zero-order valence-electron chi connectivity index (χ0n) is 16.0. The molecule has 0 unspecified atom stereocenters. The summed E-state index contributed by atoms with van der Waals surface area (Å²) >= 11 is 0.970. The summed E-state index contributed by atoms with van der Waals surface area (Å²) in [5, 5.41) is 7.55. The van der Waals surface area contributed by atoms with Gasteiger partial charge in [-0.1, -0.05) is 0 Å². The first-order chi connectivity index (χ1) is 13.6. The smallest absolute Gasteiger partial charge is 0.356 e. The number of alkyl halides is 6. The fourth-order valence-electron chi connectivity index (χ4n) is 3.15. The number of likely N-dealkylation sites (tertiary alicyclic amines) is 1. The molecule has 1 fully saturated rings. The minimum Gasteiger partial charge on any atom is -0.356 e. The standard InChI is InChI=1S/C17H25F6N5S/c1-24-15(26-7-3-14-27-13(10-29-14)17(21,22)23)25-6-2-12-4-8-28(9-5-12)11-16(18,19)20/h10,12H,2-9,11H2,1H3,(H2,24,25,26). The summed E-state index contributed by atoms with van der Waals surface area (Å²) < 4.78 is 74.8. The number of piperidine rings is 1. The Labute approximate surface area is 169 Å². The van der Waals surface area contributed by atoms with Crippen LogP contribution in [0.2, 0.25) is 0 Å². The predicted molar refractivity (Wildman–Crippen MR) is 100 cm³/mol. The molecule has 0 amide bonds. The second-order valence-corrected chi connectivity index (χ2v) is 7.87. The number of rotatable bonds is 7. The van der Waals surface area contributed by atoms with Crippen LogP contribution in [0.3, 0.4) is 0 Å². The zero-order valence-corrected chi connectivity index (χ0v) is 16.9. The van der Waals surface area contributed by atoms with Crippen molar-refractivity contribution in [2.45, 2.75) is 38.0 Å². The van der Waals surface area contributed by atoms with Gasteiger partial charge in [-0.2, -0.15) is 26.3 Å². The number of guanidine groups is 1. The molecule has 1 aromatic rings. The number of thiazole rings is 1. The van der Waals surface area contributed by atoms with Crippen molar-refractivity contribution in [2.75, 3.05) is 39.8 Å². The fraction of sp³-hybridized carbons (Fsp3) is 0.765. The molecule has 0 atom stereocenters. The Balaban J connectivity index is 1.62. The Morgan fingerprint density at radius 2 is 1.83 bits per heavy atom. The van der Waals surface area contributed by atoms with Gasteiger partial charge < -0.3 is 10.6 Å². The lowest BCUT2D eigenvalue weighted by molar-refractivity contribution is -0.148. The third-order valence-corrected chi connectivity index (χ3v) is 5.56. The number of aliphatic imine (C=N–C) groups is 1. The monoisotopic (exact) mass is 445 g/mol. The van der Waals surface area contributed by atoms with E-state index in [-0.39, 0.29) is 0 Å². The number of hydrogen-bond donors (Lipinski definition) is 2. The van der Waals surface area contributed by atoms with Crippen LogP contribution in [0, 0.1) is 5.92 Å². The molecule has 1 aliphatic heterocycles. The Morgan fingerprint density at radius 1 is 1.17 bits per heavy atom. The highest BCUT2D eigenvalue weighted by Crippen LogP contribution is 2.30. The summed E-state index contributed by atoms with van der Waals surface area (Å²) in [6, 6.07) is 0. The maximum Gasteiger partial charge on any atom is 0.434 e. The van der Waals surface area contributed by atoms with Crippen molar-refractivity contribution in [3.8, 4) is 0 Å². The molecular formula is C17H25F6N5S. The average molecular weight is 445 g/mol. The molecule has 166 valence electrons. The first-order valence-electron chi connectivity index (χ1n) is 9.32. The van der Waals surface area contributed by atoms with E-state index in [1.807, 2.05) is 0 Å². The van der Waals surface area contributed by atoms with Gasteiger partial charge in [0.15, 0.2) is 11.7 Å². The van der Waals surface area contributed by atoms with Crippen LogP contribution in [0.5, 0.6) is 0 Å². The molecule has 29 heavy (non-hydrogen) atoms. The van der Waals surface area contributed by atoms with Crippen LogP contribution >= 0.6 is 11.3 Å². The molecule has 5 nitrogen and oxygen atoms in total. The van der Waals surface area contributed by atoms with E-state index in [1.165, 1.54) is 4.90 Å². The topological polar surface area (TPSA) is 52.6 Å². The molecule has 0 aromatic carbocycles. The van der Waals surface area contributed by atoms with Crippen molar-refractivity contribution in [3.05, 3.63) is 16.1 Å². The second-order valence-electron chi connectivity index (χ2n) is 6.92. The molecule has 0 bridgehead atoms. The lowest BCUT2D eigenvalue weighted by Crippen LogP contribution is -2.42. The molecule has 12 heteroatoms. The van der Waals surface area contributed by atoms with Gasteiger partial charge in [0, 0.05) is 31.9 Å². The van der Waals surface area contributed by atoms with Gasteiger partial charge >= 0.3 is 12.4 Å². The van der Waals surface area contributed by atoms with Gasteiger partial charge in [0.25, 0.3) is 0 Å². The molecule has 0 spiro atoms. The third-order valence-electron chi connectivity index (χ3n) is 4.65. The minimum atomic E-state index is -4.43. The average Bonchev–Trinajstić information content (AvgIpc) is 3.10. The van der Waals surface area contributed by atoms with Crippen LogP contribution in [0.15, 0.2) is 10.4 Å². The molecule has 0 aliphatic carbocycles. The highest BCUT2D eigenvalue weighted by atomic mass is 32.1. The van der Waals surface area contributed by atoms with Crippen molar-refractivity contribution < 1.29 is 26.3 Å². The van der Waals surface area contributed by atoms with Crippen molar-refractivity contribution in [1.82, 2.24) is 20.5 Å². The summed E-state index contributed by atoms with van der Waals surface area (Å²) in [6.45, 7) is 1.06. The number of halogens is 6. The van der Waals surface area contributed by atoms with Gasteiger partial charge in [0.2, 0.25) is 0 Å². The fourth-order valence-corrected chi connectivity index (χ4v) is 3.95. The van der Waals surface area contributed by atoms with E-state index in [4.69, 9.17) is 0 Å². The highest BCUT2D eigenvalue weighted by molar-refractivity contribution is 7.09. The summed E-state index contributed by atoms with van der Waals surface area (Å²) in [5.74, 6) is 0.897. The normalized spacial score (nSPS) is 17.6. The molecule has 1 saturated heterocycles. The van der Waals surface area contributed by atoms with Crippen LogP contribution in [0.1, 0.15) is 30.0 Å². The van der Waals surface area contributed by atoms with E-state index in [0.29, 0.717) is 49.5 Å². The minimum absolute atomic E-state index is 0.346. The van der Waals surface area contributed by atoms with Crippen LogP contribution in [-0.4, -0.2) is 61.8 Å². The van der Waals surface area contributed by atoms with E-state index < -0.39 is 24.6 Å². The predicted octanol–water partition coefficient (Wildman–Crippen LogP) is 3.53. The zero-order chi connectivity index (χ0) is 21.5. The van der Waals surface area contributed by atoms with Crippen LogP contribution in [0.4, 0.5) is 26.3 Å². The number of aromatic nitrogens is 1. The highest BCUT2D eigenvalue weighted by Gasteiger charge is 2.34. The molecular weight excluding hydrogens is 420 g/mol. The number of nitrogens with zero attached hydrogens (tertiary/aromatic N) is 3. The molecule has 0 saturated carbocycles. The third kappa shape index (κ3) is 8.77. The second kappa shape index (κ2) is 10.5. The Morgan fingerprint density at radius 3 is 2.38 bits per heavy atom. The maximum absolute atomic E-state index is 12.5. The van der Waals surface area contributed by atoms with E-state index in [0.717, 1.165) is 36.0 Å². The molecule has 0 radical (unpaired) electrons. The lowest BCUT2D eigenvalue weighted by Gasteiger charge is -2.32. The first-order valence-corrected chi connectivity index (χ1v) is 10.2. The summed E-state index contributed by atoms with van der Waals surface area (Å²) in [7, 11) is 1.59. The SMILES string of the molecule is CN=C(NCCc1nc(C(F)(F)F)cs1)NCCC1CCN(CC(F)(F)F)CC1. The summed E-state index contributed by atoms with van der Waals surface area (Å²) in [6.07, 6.45) is -5.95. The van der Waals surface area contributed by atoms with E-state index >= 15 is 0 Å². The molecule has 1 aromatic heterocycles. The summed E-state index contributed by atoms with van der Waals surface area (Å²) in [4.78, 5) is 9.08. The quantitative estimate of drug-likeness (QED) is 0.383. The lowest BCUT2D eigenvalue weighted by atomic mass is 9.93. The van der Waals surface area contributed by atoms with E-state index in [1.54, 1.807) is 7.05 Å². The molecule has 2 heterocycles. The van der Waals surface area contributed by atoms with Crippen molar-refractivity contribution in [3.63, 3.8) is 0 Å². The first kappa shape index (κ1) is 23.7. The number of hydrogen-bond acceptors (Lipinski definition) is 4. The van der Waals surface area contributed by atoms with Crippen LogP contribution in [0.25, 0.3) is 0 Å². The van der Waals surface area contributed by atoms with Crippen molar-refractivity contribution >= 4 is 17.3 Å². The van der Waals surface area contributed by atoms with Gasteiger partial charge in [-0.05, 0) is 38.3 Å². The van der Waals surface area contributed by atoms with Gasteiger partial charge in [-0.25, -0.2) is 4.98 Å². The van der Waals surface area contributed by atoms with Gasteiger partial charge in [0.1, 0.15) is 0 Å². The van der Waals surface area contributed by atoms with E-state index in [9.17, 15) is 26.3 Å². The Kier molecular flexibility index (Phi) is 8.56. The molecule has 2 rings (SSSR count). The van der Waals surface area contributed by atoms with Crippen molar-refractivity contribution in [2.24, 2.45) is 10.9 Å². The molecule has 2 N–H and O–H groups in total. The van der Waals surface area contributed by atoms with Gasteiger partial charge in [0.05, 0.1) is 11.6 Å². The Bertz CT molecular complexity index is 649. The van der Waals surface area contributed by atoms with Gasteiger partial charge in [-0.3, -0.25) is 9.89 Å². The van der Waals surface area contributed by atoms with Crippen LogP contribution in [-0.2, 0) is 12.6 Å². The Hall–Kier alpha value is -1.56. The largest absolute Gasteiger partial charge is 0.434 e. The van der Waals surface area contributed by atoms with Crippen molar-refractivity contribution in [1.29, 1.82) is 0 Å².